The van der Waals surface area contributed by atoms with Crippen molar-refractivity contribution in [3.8, 4) is 0 Å². The third-order valence-corrected chi connectivity index (χ3v) is 5.11. The number of hydrogen-bond acceptors (Lipinski definition) is 5. The Kier molecular flexibility index (Phi) is 4.17. The minimum atomic E-state index is -4.01. The van der Waals surface area contributed by atoms with E-state index in [9.17, 15) is 16.8 Å². The maximum Gasteiger partial charge on any atom is 0.278 e. The molecule has 8 nitrogen and oxygen atoms in total. The van der Waals surface area contributed by atoms with Crippen molar-refractivity contribution in [2.75, 3.05) is 4.72 Å². The summed E-state index contributed by atoms with van der Waals surface area (Å²) < 4.78 is 48.6. The van der Waals surface area contributed by atoms with Gasteiger partial charge in [-0.1, -0.05) is 23.2 Å². The molecule has 0 radical (unpaired) electrons. The number of anilines is 1. The standard InChI is InChI=1S/C9H8Cl2N4O4S2/c10-6-3-5(20(12,16)17)4-7(11)9(6)15-21(18,19)8-1-2-13-14-8/h1-4,15H,(H,13,14)(H2,12,16,17). The van der Waals surface area contributed by atoms with E-state index in [2.05, 4.69) is 14.9 Å². The summed E-state index contributed by atoms with van der Waals surface area (Å²) in [6.07, 6.45) is 1.25. The second-order valence-electron chi connectivity index (χ2n) is 3.83. The van der Waals surface area contributed by atoms with Crippen molar-refractivity contribution in [2.24, 2.45) is 5.14 Å². The minimum Gasteiger partial charge on any atom is -0.275 e. The third kappa shape index (κ3) is 3.47. The highest BCUT2D eigenvalue weighted by atomic mass is 35.5. The van der Waals surface area contributed by atoms with Gasteiger partial charge in [-0.3, -0.25) is 9.82 Å². The van der Waals surface area contributed by atoms with E-state index in [1.165, 1.54) is 12.3 Å². The first kappa shape index (κ1) is 16.0. The number of benzene rings is 1. The number of nitrogens with one attached hydrogen (secondary N) is 2. The van der Waals surface area contributed by atoms with Gasteiger partial charge in [0.1, 0.15) is 0 Å². The topological polar surface area (TPSA) is 135 Å². The molecule has 0 amide bonds. The van der Waals surface area contributed by atoms with Gasteiger partial charge < -0.3 is 0 Å². The number of aromatic nitrogens is 2. The lowest BCUT2D eigenvalue weighted by Gasteiger charge is -2.11. The number of halogens is 2. The van der Waals surface area contributed by atoms with E-state index >= 15 is 0 Å². The molecule has 0 saturated carbocycles. The molecule has 12 heteroatoms. The second-order valence-corrected chi connectivity index (χ2v) is 7.86. The average molecular weight is 371 g/mol. The Bertz CT molecular complexity index is 855. The van der Waals surface area contributed by atoms with Gasteiger partial charge in [-0.05, 0) is 18.2 Å². The Labute approximate surface area is 130 Å². The Morgan fingerprint density at radius 1 is 1.14 bits per heavy atom. The summed E-state index contributed by atoms with van der Waals surface area (Å²) in [5, 5.41) is 10.1. The molecule has 0 bridgehead atoms. The van der Waals surface area contributed by atoms with Gasteiger partial charge in [-0.15, -0.1) is 0 Å². The van der Waals surface area contributed by atoms with E-state index in [1.807, 2.05) is 0 Å². The van der Waals surface area contributed by atoms with Gasteiger partial charge >= 0.3 is 0 Å². The predicted octanol–water partition coefficient (Wildman–Crippen LogP) is 1.16. The summed E-state index contributed by atoms with van der Waals surface area (Å²) >= 11 is 11.7. The highest BCUT2D eigenvalue weighted by Gasteiger charge is 2.21. The van der Waals surface area contributed by atoms with Crippen LogP contribution in [0.25, 0.3) is 0 Å². The van der Waals surface area contributed by atoms with Crippen LogP contribution in [0.5, 0.6) is 0 Å². The molecular formula is C9H8Cl2N4O4S2. The molecular weight excluding hydrogens is 363 g/mol. The van der Waals surface area contributed by atoms with Gasteiger partial charge in [0.2, 0.25) is 10.0 Å². The van der Waals surface area contributed by atoms with Gasteiger partial charge in [0, 0.05) is 0 Å². The summed E-state index contributed by atoms with van der Waals surface area (Å²) in [6.45, 7) is 0. The van der Waals surface area contributed by atoms with E-state index < -0.39 is 20.0 Å². The highest BCUT2D eigenvalue weighted by Crippen LogP contribution is 2.34. The molecule has 1 heterocycles. The molecule has 4 N–H and O–H groups in total. The van der Waals surface area contributed by atoms with Crippen LogP contribution in [-0.4, -0.2) is 27.0 Å². The SMILES string of the molecule is NS(=O)(=O)c1cc(Cl)c(NS(=O)(=O)c2ccn[nH]2)c(Cl)c1. The van der Waals surface area contributed by atoms with Crippen molar-refractivity contribution >= 4 is 48.9 Å². The van der Waals surface area contributed by atoms with Crippen molar-refractivity contribution in [1.29, 1.82) is 0 Å². The van der Waals surface area contributed by atoms with Crippen molar-refractivity contribution in [3.63, 3.8) is 0 Å². The molecule has 0 aliphatic heterocycles. The lowest BCUT2D eigenvalue weighted by Crippen LogP contribution is -2.15. The van der Waals surface area contributed by atoms with E-state index in [4.69, 9.17) is 28.3 Å². The Balaban J connectivity index is 2.48. The second kappa shape index (κ2) is 5.46. The molecule has 1 aromatic heterocycles. The number of primary sulfonamides is 1. The first-order chi connectivity index (χ1) is 9.61. The van der Waals surface area contributed by atoms with Gasteiger partial charge in [0.15, 0.2) is 5.03 Å². The fourth-order valence-electron chi connectivity index (χ4n) is 1.39. The van der Waals surface area contributed by atoms with Crippen molar-refractivity contribution < 1.29 is 16.8 Å². The molecule has 0 aliphatic rings. The fourth-order valence-corrected chi connectivity index (χ4v) is 3.79. The summed E-state index contributed by atoms with van der Waals surface area (Å²) in [5.41, 5.74) is -0.166. The molecule has 1 aromatic carbocycles. The van der Waals surface area contributed by atoms with Crippen LogP contribution in [0.3, 0.4) is 0 Å². The van der Waals surface area contributed by atoms with Gasteiger partial charge in [-0.25, -0.2) is 13.6 Å². The number of rotatable bonds is 4. The van der Waals surface area contributed by atoms with Gasteiger partial charge in [0.25, 0.3) is 10.0 Å². The molecule has 21 heavy (non-hydrogen) atoms. The number of sulfonamides is 2. The predicted molar refractivity (Wildman–Crippen MR) is 77.2 cm³/mol. The maximum atomic E-state index is 12.0. The molecule has 114 valence electrons. The fraction of sp³-hybridized carbons (Fsp3) is 0. The van der Waals surface area contributed by atoms with Crippen molar-refractivity contribution in [3.05, 3.63) is 34.4 Å². The molecule has 0 atom stereocenters. The van der Waals surface area contributed by atoms with E-state index in [0.29, 0.717) is 0 Å². The van der Waals surface area contributed by atoms with Crippen molar-refractivity contribution in [1.82, 2.24) is 10.2 Å². The maximum absolute atomic E-state index is 12.0. The van der Waals surface area contributed by atoms with Crippen LogP contribution >= 0.6 is 23.2 Å². The van der Waals surface area contributed by atoms with E-state index in [0.717, 1.165) is 12.1 Å². The zero-order valence-electron chi connectivity index (χ0n) is 10.0. The Hall–Kier alpha value is -1.33. The van der Waals surface area contributed by atoms with Crippen LogP contribution in [0, 0.1) is 0 Å². The van der Waals surface area contributed by atoms with Crippen molar-refractivity contribution in [2.45, 2.75) is 9.92 Å². The largest absolute Gasteiger partial charge is 0.278 e. The van der Waals surface area contributed by atoms with Crippen LogP contribution in [0.2, 0.25) is 10.0 Å². The summed E-state index contributed by atoms with van der Waals surface area (Å²) in [5.74, 6) is 0. The minimum absolute atomic E-state index is 0.166. The number of hydrogen-bond donors (Lipinski definition) is 3. The number of H-pyrrole nitrogens is 1. The number of aromatic amines is 1. The third-order valence-electron chi connectivity index (χ3n) is 2.35. The quantitative estimate of drug-likeness (QED) is 0.741. The first-order valence-corrected chi connectivity index (χ1v) is 8.94. The molecule has 2 aromatic rings. The first-order valence-electron chi connectivity index (χ1n) is 5.15. The van der Waals surface area contributed by atoms with Crippen LogP contribution < -0.4 is 9.86 Å². The number of nitrogens with two attached hydrogens (primary N) is 1. The zero-order chi connectivity index (χ0) is 15.8. The summed E-state index contributed by atoms with van der Waals surface area (Å²) in [6, 6.07) is 3.21. The highest BCUT2D eigenvalue weighted by molar-refractivity contribution is 7.92. The number of nitrogens with zero attached hydrogens (tertiary/aromatic N) is 1. The summed E-state index contributed by atoms with van der Waals surface area (Å²) in [4.78, 5) is -0.331. The van der Waals surface area contributed by atoms with Crippen LogP contribution in [-0.2, 0) is 20.0 Å². The lowest BCUT2D eigenvalue weighted by atomic mass is 10.3. The van der Waals surface area contributed by atoms with Crippen LogP contribution in [0.4, 0.5) is 5.69 Å². The monoisotopic (exact) mass is 370 g/mol. The van der Waals surface area contributed by atoms with E-state index in [1.54, 1.807) is 0 Å². The molecule has 2 rings (SSSR count). The molecule has 0 saturated heterocycles. The van der Waals surface area contributed by atoms with Crippen LogP contribution in [0.1, 0.15) is 0 Å². The normalized spacial score (nSPS) is 12.3. The molecule has 0 spiro atoms. The van der Waals surface area contributed by atoms with E-state index in [-0.39, 0.29) is 25.7 Å². The van der Waals surface area contributed by atoms with Crippen LogP contribution in [0.15, 0.2) is 34.3 Å². The lowest BCUT2D eigenvalue weighted by molar-refractivity contribution is 0.596. The van der Waals surface area contributed by atoms with Gasteiger partial charge in [0.05, 0.1) is 26.8 Å². The average Bonchev–Trinajstić information content (AvgIpc) is 2.86. The molecule has 0 fully saturated rings. The Morgan fingerprint density at radius 2 is 1.71 bits per heavy atom. The molecule has 0 unspecified atom stereocenters. The molecule has 0 aliphatic carbocycles. The van der Waals surface area contributed by atoms with Gasteiger partial charge in [-0.2, -0.15) is 13.5 Å². The zero-order valence-corrected chi connectivity index (χ0v) is 13.2. The Morgan fingerprint density at radius 3 is 2.14 bits per heavy atom. The summed E-state index contributed by atoms with van der Waals surface area (Å²) in [7, 11) is -7.99. The smallest absolute Gasteiger partial charge is 0.275 e.